The van der Waals surface area contributed by atoms with Crippen LogP contribution in [0.5, 0.6) is 0 Å². The average molecular weight is 240 g/mol. The maximum absolute atomic E-state index is 9.65. The number of aliphatic hydroxyl groups excluding tert-OH is 1. The van der Waals surface area contributed by atoms with Crippen LogP contribution < -0.4 is 5.32 Å². The summed E-state index contributed by atoms with van der Waals surface area (Å²) in [5, 5.41) is 14.3. The van der Waals surface area contributed by atoms with Crippen molar-refractivity contribution in [1.82, 2.24) is 10.3 Å². The first-order valence-corrected chi connectivity index (χ1v) is 6.57. The third-order valence-corrected chi connectivity index (χ3v) is 4.80. The molecule has 90 valence electrons. The molecule has 0 aromatic carbocycles. The van der Waals surface area contributed by atoms with Crippen LogP contribution in [0, 0.1) is 19.3 Å². The van der Waals surface area contributed by atoms with Crippen LogP contribution in [0.15, 0.2) is 0 Å². The van der Waals surface area contributed by atoms with Gasteiger partial charge in [-0.05, 0) is 20.3 Å². The summed E-state index contributed by atoms with van der Waals surface area (Å²) in [5.74, 6) is 0. The smallest absolute Gasteiger partial charge is 0.0900 e. The van der Waals surface area contributed by atoms with Crippen LogP contribution in [0.4, 0.5) is 0 Å². The monoisotopic (exact) mass is 240 g/mol. The van der Waals surface area contributed by atoms with Gasteiger partial charge in [0.1, 0.15) is 0 Å². The van der Waals surface area contributed by atoms with Gasteiger partial charge in [-0.2, -0.15) is 0 Å². The summed E-state index contributed by atoms with van der Waals surface area (Å²) in [7, 11) is 0. The lowest BCUT2D eigenvalue weighted by molar-refractivity contribution is -0.0729. The van der Waals surface area contributed by atoms with E-state index < -0.39 is 0 Å². The SMILES string of the molecule is Cc1nc(C)c(CNC2CC(O)C2(C)C)s1. The first-order valence-electron chi connectivity index (χ1n) is 5.75. The first-order chi connectivity index (χ1) is 7.41. The Hall–Kier alpha value is -0.450. The van der Waals surface area contributed by atoms with E-state index in [1.807, 2.05) is 6.92 Å². The first kappa shape index (κ1) is 12.0. The van der Waals surface area contributed by atoms with Crippen molar-refractivity contribution in [3.8, 4) is 0 Å². The molecule has 2 N–H and O–H groups in total. The summed E-state index contributed by atoms with van der Waals surface area (Å²) in [6.07, 6.45) is 0.707. The predicted molar refractivity (Wildman–Crippen MR) is 66.6 cm³/mol. The summed E-state index contributed by atoms with van der Waals surface area (Å²) >= 11 is 1.76. The van der Waals surface area contributed by atoms with E-state index in [9.17, 15) is 5.11 Å². The van der Waals surface area contributed by atoms with Gasteiger partial charge in [-0.15, -0.1) is 11.3 Å². The molecule has 0 aliphatic heterocycles. The Morgan fingerprint density at radius 1 is 1.50 bits per heavy atom. The van der Waals surface area contributed by atoms with Gasteiger partial charge >= 0.3 is 0 Å². The molecule has 3 nitrogen and oxygen atoms in total. The molecular formula is C12H20N2OS. The van der Waals surface area contributed by atoms with Crippen molar-refractivity contribution in [2.75, 3.05) is 0 Å². The lowest BCUT2D eigenvalue weighted by Crippen LogP contribution is -2.59. The van der Waals surface area contributed by atoms with E-state index >= 15 is 0 Å². The zero-order valence-electron chi connectivity index (χ0n) is 10.4. The molecule has 1 aromatic heterocycles. The molecule has 2 atom stereocenters. The molecule has 4 heteroatoms. The summed E-state index contributed by atoms with van der Waals surface area (Å²) in [4.78, 5) is 5.73. The van der Waals surface area contributed by atoms with Gasteiger partial charge in [0, 0.05) is 22.9 Å². The normalized spacial score (nSPS) is 27.8. The molecule has 0 bridgehead atoms. The number of hydrogen-bond donors (Lipinski definition) is 2. The molecule has 1 saturated carbocycles. The largest absolute Gasteiger partial charge is 0.392 e. The van der Waals surface area contributed by atoms with Crippen molar-refractivity contribution in [3.63, 3.8) is 0 Å². The van der Waals surface area contributed by atoms with Crippen molar-refractivity contribution in [1.29, 1.82) is 0 Å². The van der Waals surface area contributed by atoms with Crippen molar-refractivity contribution in [2.45, 2.75) is 52.8 Å². The minimum Gasteiger partial charge on any atom is -0.392 e. The molecule has 0 spiro atoms. The fourth-order valence-electron chi connectivity index (χ4n) is 2.20. The zero-order chi connectivity index (χ0) is 11.9. The second-order valence-corrected chi connectivity index (χ2v) is 6.54. The number of aryl methyl sites for hydroxylation is 2. The van der Waals surface area contributed by atoms with E-state index in [0.717, 1.165) is 23.7 Å². The molecule has 1 aromatic rings. The van der Waals surface area contributed by atoms with Crippen LogP contribution in [0.1, 0.15) is 35.8 Å². The van der Waals surface area contributed by atoms with E-state index in [1.165, 1.54) is 4.88 Å². The third-order valence-electron chi connectivity index (χ3n) is 3.72. The molecule has 1 heterocycles. The number of hydrogen-bond acceptors (Lipinski definition) is 4. The Balaban J connectivity index is 1.92. The summed E-state index contributed by atoms with van der Waals surface area (Å²) in [5.41, 5.74) is 1.14. The Bertz CT molecular complexity index is 386. The molecule has 0 saturated heterocycles. The Morgan fingerprint density at radius 2 is 2.19 bits per heavy atom. The zero-order valence-corrected chi connectivity index (χ0v) is 11.2. The van der Waals surface area contributed by atoms with Crippen LogP contribution >= 0.6 is 11.3 Å². The average Bonchev–Trinajstić information content (AvgIpc) is 2.52. The molecular weight excluding hydrogens is 220 g/mol. The van der Waals surface area contributed by atoms with Crippen molar-refractivity contribution in [2.24, 2.45) is 5.41 Å². The molecule has 0 radical (unpaired) electrons. The molecule has 2 rings (SSSR count). The number of aliphatic hydroxyl groups is 1. The Morgan fingerprint density at radius 3 is 2.62 bits per heavy atom. The van der Waals surface area contributed by atoms with E-state index in [0.29, 0.717) is 6.04 Å². The quantitative estimate of drug-likeness (QED) is 0.849. The number of thiazole rings is 1. The highest BCUT2D eigenvalue weighted by molar-refractivity contribution is 7.11. The molecule has 2 unspecified atom stereocenters. The molecule has 1 aliphatic rings. The van der Waals surface area contributed by atoms with Gasteiger partial charge in [0.05, 0.1) is 16.8 Å². The minimum atomic E-state index is -0.158. The fraction of sp³-hybridized carbons (Fsp3) is 0.750. The van der Waals surface area contributed by atoms with E-state index in [-0.39, 0.29) is 11.5 Å². The maximum Gasteiger partial charge on any atom is 0.0900 e. The predicted octanol–water partition coefficient (Wildman–Crippen LogP) is 2.01. The minimum absolute atomic E-state index is 0.00758. The van der Waals surface area contributed by atoms with E-state index in [2.05, 4.69) is 31.1 Å². The van der Waals surface area contributed by atoms with Gasteiger partial charge in [-0.3, -0.25) is 0 Å². The van der Waals surface area contributed by atoms with Crippen LogP contribution in [-0.4, -0.2) is 22.2 Å². The highest BCUT2D eigenvalue weighted by Gasteiger charge is 2.46. The second-order valence-electron chi connectivity index (χ2n) is 5.25. The van der Waals surface area contributed by atoms with Crippen LogP contribution in [0.25, 0.3) is 0 Å². The topological polar surface area (TPSA) is 45.2 Å². The highest BCUT2D eigenvalue weighted by Crippen LogP contribution is 2.40. The molecule has 1 fully saturated rings. The van der Waals surface area contributed by atoms with Gasteiger partial charge < -0.3 is 10.4 Å². The van der Waals surface area contributed by atoms with Gasteiger partial charge in [-0.1, -0.05) is 13.8 Å². The van der Waals surface area contributed by atoms with Crippen LogP contribution in [0.2, 0.25) is 0 Å². The maximum atomic E-state index is 9.65. The van der Waals surface area contributed by atoms with Crippen LogP contribution in [0.3, 0.4) is 0 Å². The Kier molecular flexibility index (Phi) is 3.07. The van der Waals surface area contributed by atoms with Crippen molar-refractivity contribution in [3.05, 3.63) is 15.6 Å². The van der Waals surface area contributed by atoms with Gasteiger partial charge in [0.15, 0.2) is 0 Å². The molecule has 16 heavy (non-hydrogen) atoms. The number of rotatable bonds is 3. The van der Waals surface area contributed by atoms with Gasteiger partial charge in [0.25, 0.3) is 0 Å². The van der Waals surface area contributed by atoms with Crippen molar-refractivity contribution < 1.29 is 5.11 Å². The number of nitrogens with one attached hydrogen (secondary N) is 1. The molecule has 0 amide bonds. The standard InChI is InChI=1S/C12H20N2OS/c1-7-9(16-8(2)14-7)6-13-10-5-11(15)12(10,3)4/h10-11,13,15H,5-6H2,1-4H3. The summed E-state index contributed by atoms with van der Waals surface area (Å²) in [6, 6.07) is 0.421. The molecule has 1 aliphatic carbocycles. The third kappa shape index (κ3) is 2.01. The fourth-order valence-corrected chi connectivity index (χ4v) is 3.09. The van der Waals surface area contributed by atoms with E-state index in [4.69, 9.17) is 0 Å². The van der Waals surface area contributed by atoms with Crippen molar-refractivity contribution >= 4 is 11.3 Å². The summed E-state index contributed by atoms with van der Waals surface area (Å²) < 4.78 is 0. The summed E-state index contributed by atoms with van der Waals surface area (Å²) in [6.45, 7) is 9.20. The second kappa shape index (κ2) is 4.09. The van der Waals surface area contributed by atoms with Gasteiger partial charge in [0.2, 0.25) is 0 Å². The Labute approximate surface area is 101 Å². The lowest BCUT2D eigenvalue weighted by Gasteiger charge is -2.49. The number of nitrogens with zero attached hydrogens (tertiary/aromatic N) is 1. The number of aromatic nitrogens is 1. The lowest BCUT2D eigenvalue weighted by atomic mass is 9.64. The van der Waals surface area contributed by atoms with Crippen LogP contribution in [-0.2, 0) is 6.54 Å². The van der Waals surface area contributed by atoms with Gasteiger partial charge in [-0.25, -0.2) is 4.98 Å². The highest BCUT2D eigenvalue weighted by atomic mass is 32.1. The van der Waals surface area contributed by atoms with E-state index in [1.54, 1.807) is 11.3 Å².